The molecule has 4 amide bonds. The number of piperazine rings is 1. The zero-order chi connectivity index (χ0) is 21.5. The average molecular weight is 426 g/mol. The highest BCUT2D eigenvalue weighted by Crippen LogP contribution is 2.37. The largest absolute Gasteiger partial charge is 0.352 e. The molecule has 1 N–H and O–H groups in total. The van der Waals surface area contributed by atoms with Crippen LogP contribution in [0.25, 0.3) is 0 Å². The standard InChI is InChI=1S/C22H17ClFN3O3/c1-22-13-18(28)27(21(30)26(22)10-9-25-20(22)29)19-16(23)11-15(12-17(19)24)8-7-14-5-3-2-4-6-14/h2-6,11-12H,9-10,13H2,1H3,(H,25,29). The van der Waals surface area contributed by atoms with Crippen molar-refractivity contribution in [2.45, 2.75) is 18.9 Å². The quantitative estimate of drug-likeness (QED) is 0.714. The Hall–Kier alpha value is -3.37. The number of hydrogen-bond donors (Lipinski definition) is 1. The molecule has 1 atom stereocenters. The maximum atomic E-state index is 15.0. The second kappa shape index (κ2) is 7.47. The average Bonchev–Trinajstić information content (AvgIpc) is 2.70. The Morgan fingerprint density at radius 1 is 1.10 bits per heavy atom. The van der Waals surface area contributed by atoms with Crippen LogP contribution in [0.4, 0.5) is 14.9 Å². The van der Waals surface area contributed by atoms with E-state index >= 15 is 0 Å². The molecular formula is C22H17ClFN3O3. The summed E-state index contributed by atoms with van der Waals surface area (Å²) in [4.78, 5) is 40.0. The van der Waals surface area contributed by atoms with Gasteiger partial charge in [-0.3, -0.25) is 9.59 Å². The number of urea groups is 1. The fourth-order valence-corrected chi connectivity index (χ4v) is 3.95. The zero-order valence-electron chi connectivity index (χ0n) is 16.0. The number of carbonyl (C=O) groups is 3. The Balaban J connectivity index is 1.69. The normalized spacial score (nSPS) is 21.0. The van der Waals surface area contributed by atoms with Crippen molar-refractivity contribution < 1.29 is 18.8 Å². The first kappa shape index (κ1) is 19.9. The van der Waals surface area contributed by atoms with Crippen molar-refractivity contribution in [2.75, 3.05) is 18.0 Å². The van der Waals surface area contributed by atoms with Crippen molar-refractivity contribution in [3.63, 3.8) is 0 Å². The van der Waals surface area contributed by atoms with Gasteiger partial charge in [-0.05, 0) is 31.2 Å². The third-order valence-electron chi connectivity index (χ3n) is 5.24. The van der Waals surface area contributed by atoms with E-state index in [4.69, 9.17) is 11.6 Å². The Labute approximate surface area is 177 Å². The van der Waals surface area contributed by atoms with Crippen LogP contribution in [-0.2, 0) is 9.59 Å². The molecule has 30 heavy (non-hydrogen) atoms. The number of imide groups is 1. The number of benzene rings is 2. The van der Waals surface area contributed by atoms with E-state index in [1.54, 1.807) is 0 Å². The summed E-state index contributed by atoms with van der Waals surface area (Å²) in [6, 6.07) is 10.9. The van der Waals surface area contributed by atoms with Gasteiger partial charge in [0.25, 0.3) is 0 Å². The molecule has 1 unspecified atom stereocenters. The van der Waals surface area contributed by atoms with Crippen molar-refractivity contribution in [1.82, 2.24) is 10.2 Å². The second-order valence-electron chi connectivity index (χ2n) is 7.27. The number of rotatable bonds is 1. The predicted molar refractivity (Wildman–Crippen MR) is 109 cm³/mol. The molecule has 0 radical (unpaired) electrons. The number of amides is 4. The molecule has 0 spiro atoms. The Kier molecular flexibility index (Phi) is 4.96. The van der Waals surface area contributed by atoms with Gasteiger partial charge in [-0.2, -0.15) is 0 Å². The lowest BCUT2D eigenvalue weighted by Gasteiger charge is -2.48. The summed E-state index contributed by atoms with van der Waals surface area (Å²) in [5.41, 5.74) is -0.566. The van der Waals surface area contributed by atoms with Crippen molar-refractivity contribution >= 4 is 35.1 Å². The van der Waals surface area contributed by atoms with E-state index in [9.17, 15) is 18.8 Å². The second-order valence-corrected chi connectivity index (χ2v) is 7.68. The highest BCUT2D eigenvalue weighted by atomic mass is 35.5. The van der Waals surface area contributed by atoms with Crippen LogP contribution in [0.5, 0.6) is 0 Å². The summed E-state index contributed by atoms with van der Waals surface area (Å²) in [6.45, 7) is 1.99. The molecule has 2 saturated heterocycles. The van der Waals surface area contributed by atoms with Gasteiger partial charge in [0.15, 0.2) is 0 Å². The highest BCUT2D eigenvalue weighted by Gasteiger charge is 2.53. The molecule has 2 aliphatic rings. The molecule has 0 aromatic heterocycles. The van der Waals surface area contributed by atoms with Gasteiger partial charge in [-0.1, -0.05) is 41.6 Å². The first-order valence-electron chi connectivity index (χ1n) is 9.30. The van der Waals surface area contributed by atoms with Gasteiger partial charge in [0.2, 0.25) is 11.8 Å². The van der Waals surface area contributed by atoms with Gasteiger partial charge < -0.3 is 10.2 Å². The van der Waals surface area contributed by atoms with Gasteiger partial charge in [0, 0.05) is 24.2 Å². The van der Waals surface area contributed by atoms with Gasteiger partial charge in [-0.25, -0.2) is 14.1 Å². The maximum Gasteiger partial charge on any atom is 0.332 e. The lowest BCUT2D eigenvalue weighted by Crippen LogP contribution is -2.72. The molecule has 2 heterocycles. The van der Waals surface area contributed by atoms with E-state index in [-0.39, 0.29) is 30.2 Å². The van der Waals surface area contributed by atoms with Crippen molar-refractivity contribution in [2.24, 2.45) is 0 Å². The molecule has 2 aliphatic heterocycles. The molecule has 152 valence electrons. The molecule has 2 fully saturated rings. The van der Waals surface area contributed by atoms with Crippen LogP contribution in [0.1, 0.15) is 24.5 Å². The minimum atomic E-state index is -1.30. The van der Waals surface area contributed by atoms with Crippen LogP contribution < -0.4 is 10.2 Å². The summed E-state index contributed by atoms with van der Waals surface area (Å²) in [6.07, 6.45) is -0.268. The van der Waals surface area contributed by atoms with Crippen molar-refractivity contribution in [3.8, 4) is 11.8 Å². The van der Waals surface area contributed by atoms with E-state index in [1.807, 2.05) is 30.3 Å². The summed E-state index contributed by atoms with van der Waals surface area (Å²) in [5, 5.41) is 2.54. The monoisotopic (exact) mass is 425 g/mol. The Morgan fingerprint density at radius 2 is 1.80 bits per heavy atom. The predicted octanol–water partition coefficient (Wildman–Crippen LogP) is 2.93. The topological polar surface area (TPSA) is 69.7 Å². The number of carbonyl (C=O) groups excluding carboxylic acids is 3. The fourth-order valence-electron chi connectivity index (χ4n) is 3.66. The summed E-state index contributed by atoms with van der Waals surface area (Å²) >= 11 is 6.27. The van der Waals surface area contributed by atoms with Gasteiger partial charge in [0.1, 0.15) is 17.0 Å². The Bertz CT molecular complexity index is 1100. The lowest BCUT2D eigenvalue weighted by molar-refractivity contribution is -0.140. The zero-order valence-corrected chi connectivity index (χ0v) is 16.8. The molecule has 6 nitrogen and oxygen atoms in total. The summed E-state index contributed by atoms with van der Waals surface area (Å²) in [5.74, 6) is 3.78. The van der Waals surface area contributed by atoms with Gasteiger partial charge in [-0.15, -0.1) is 0 Å². The van der Waals surface area contributed by atoms with Crippen LogP contribution in [-0.4, -0.2) is 41.4 Å². The smallest absolute Gasteiger partial charge is 0.332 e. The van der Waals surface area contributed by atoms with Crippen molar-refractivity contribution in [1.29, 1.82) is 0 Å². The number of anilines is 1. The van der Waals surface area contributed by atoms with Crippen molar-refractivity contribution in [3.05, 3.63) is 64.4 Å². The van der Waals surface area contributed by atoms with Crippen LogP contribution in [0, 0.1) is 17.7 Å². The molecule has 0 aliphatic carbocycles. The molecule has 8 heteroatoms. The van der Waals surface area contributed by atoms with Gasteiger partial charge >= 0.3 is 6.03 Å². The molecule has 0 saturated carbocycles. The maximum absolute atomic E-state index is 15.0. The minimum absolute atomic E-state index is 0.112. The number of nitrogens with one attached hydrogen (secondary N) is 1. The number of hydrogen-bond acceptors (Lipinski definition) is 3. The first-order valence-corrected chi connectivity index (χ1v) is 9.68. The van der Waals surface area contributed by atoms with Crippen LogP contribution in [0.3, 0.4) is 0 Å². The van der Waals surface area contributed by atoms with Crippen LogP contribution in [0.2, 0.25) is 5.02 Å². The van der Waals surface area contributed by atoms with E-state index in [2.05, 4.69) is 17.2 Å². The summed E-state index contributed by atoms with van der Waals surface area (Å²) in [7, 11) is 0. The van der Waals surface area contributed by atoms with E-state index in [0.29, 0.717) is 10.5 Å². The SMILES string of the molecule is CC12CC(=O)N(c3c(F)cc(C#Cc4ccccc4)cc3Cl)C(=O)N1CCNC2=O. The Morgan fingerprint density at radius 3 is 2.50 bits per heavy atom. The molecule has 2 aromatic carbocycles. The van der Waals surface area contributed by atoms with Gasteiger partial charge in [0.05, 0.1) is 11.4 Å². The third-order valence-corrected chi connectivity index (χ3v) is 5.53. The fraction of sp³-hybridized carbons (Fsp3) is 0.227. The van der Waals surface area contributed by atoms with E-state index in [0.717, 1.165) is 11.6 Å². The number of nitrogens with zero attached hydrogens (tertiary/aromatic N) is 2. The first-order chi connectivity index (χ1) is 14.3. The molecule has 0 bridgehead atoms. The van der Waals surface area contributed by atoms with Crippen LogP contribution >= 0.6 is 11.6 Å². The van der Waals surface area contributed by atoms with E-state index in [1.165, 1.54) is 17.9 Å². The molecular weight excluding hydrogens is 409 g/mol. The molecule has 2 aromatic rings. The molecule has 4 rings (SSSR count). The summed E-state index contributed by atoms with van der Waals surface area (Å²) < 4.78 is 15.0. The highest BCUT2D eigenvalue weighted by molar-refractivity contribution is 6.35. The lowest BCUT2D eigenvalue weighted by atomic mass is 9.89. The minimum Gasteiger partial charge on any atom is -0.352 e. The van der Waals surface area contributed by atoms with Crippen LogP contribution in [0.15, 0.2) is 42.5 Å². The van der Waals surface area contributed by atoms with E-state index < -0.39 is 29.2 Å². The number of fused-ring (bicyclic) bond motifs is 1. The number of halogens is 2. The third kappa shape index (κ3) is 3.29.